The standard InChI is InChI=1S/C9H4F2N2O/c10-8(11)9-13-6-3-1-2-5(4-12)7(6)14-9/h1-3,8H. The molecule has 0 aliphatic carbocycles. The lowest BCUT2D eigenvalue weighted by atomic mass is 10.2. The van der Waals surface area contributed by atoms with Crippen molar-refractivity contribution in [3.05, 3.63) is 29.7 Å². The van der Waals surface area contributed by atoms with Crippen LogP contribution in [0.1, 0.15) is 17.9 Å². The maximum absolute atomic E-state index is 12.2. The number of hydrogen-bond donors (Lipinski definition) is 0. The van der Waals surface area contributed by atoms with E-state index in [0.717, 1.165) is 0 Å². The lowest BCUT2D eigenvalue weighted by molar-refractivity contribution is 0.117. The lowest BCUT2D eigenvalue weighted by Crippen LogP contribution is -1.80. The molecule has 1 aromatic carbocycles. The third-order valence-corrected chi connectivity index (χ3v) is 1.74. The van der Waals surface area contributed by atoms with Crippen LogP contribution < -0.4 is 0 Å². The molecule has 14 heavy (non-hydrogen) atoms. The zero-order valence-electron chi connectivity index (χ0n) is 6.87. The summed E-state index contributed by atoms with van der Waals surface area (Å²) in [7, 11) is 0. The maximum atomic E-state index is 12.2. The van der Waals surface area contributed by atoms with Crippen molar-refractivity contribution in [3.63, 3.8) is 0 Å². The van der Waals surface area contributed by atoms with E-state index >= 15 is 0 Å². The monoisotopic (exact) mass is 194 g/mol. The Morgan fingerprint density at radius 3 is 2.86 bits per heavy atom. The van der Waals surface area contributed by atoms with Gasteiger partial charge in [-0.05, 0) is 12.1 Å². The summed E-state index contributed by atoms with van der Waals surface area (Å²) in [5.74, 6) is -0.650. The van der Waals surface area contributed by atoms with Crippen LogP contribution in [0.25, 0.3) is 11.1 Å². The smallest absolute Gasteiger partial charge is 0.313 e. The zero-order valence-corrected chi connectivity index (χ0v) is 6.87. The summed E-state index contributed by atoms with van der Waals surface area (Å²) in [6, 6.07) is 6.42. The number of fused-ring (bicyclic) bond motifs is 1. The summed E-state index contributed by atoms with van der Waals surface area (Å²) >= 11 is 0. The van der Waals surface area contributed by atoms with Crippen LogP contribution in [0.15, 0.2) is 22.6 Å². The molecule has 0 radical (unpaired) electrons. The molecule has 0 aliphatic rings. The molecule has 0 amide bonds. The quantitative estimate of drug-likeness (QED) is 0.701. The highest BCUT2D eigenvalue weighted by atomic mass is 19.3. The minimum Gasteiger partial charge on any atom is -0.434 e. The number of alkyl halides is 2. The molecule has 0 N–H and O–H groups in total. The van der Waals surface area contributed by atoms with Gasteiger partial charge in [-0.3, -0.25) is 0 Å². The van der Waals surface area contributed by atoms with Crippen molar-refractivity contribution >= 4 is 11.1 Å². The first-order valence-corrected chi connectivity index (χ1v) is 3.80. The summed E-state index contributed by atoms with van der Waals surface area (Å²) in [6.45, 7) is 0. The fourth-order valence-corrected chi connectivity index (χ4v) is 1.15. The minimum atomic E-state index is -2.76. The van der Waals surface area contributed by atoms with Gasteiger partial charge < -0.3 is 4.42 Å². The summed E-state index contributed by atoms with van der Waals surface area (Å²) < 4.78 is 29.2. The van der Waals surface area contributed by atoms with E-state index < -0.39 is 12.3 Å². The molecule has 5 heteroatoms. The number of nitriles is 1. The number of oxazole rings is 1. The summed E-state index contributed by atoms with van der Waals surface area (Å²) in [5, 5.41) is 8.66. The van der Waals surface area contributed by atoms with E-state index in [1.54, 1.807) is 6.07 Å². The SMILES string of the molecule is N#Cc1cccc2nc(C(F)F)oc12. The van der Waals surface area contributed by atoms with Crippen LogP contribution in [-0.4, -0.2) is 4.98 Å². The van der Waals surface area contributed by atoms with Crippen molar-refractivity contribution in [2.45, 2.75) is 6.43 Å². The van der Waals surface area contributed by atoms with Crippen LogP contribution in [0, 0.1) is 11.3 Å². The zero-order chi connectivity index (χ0) is 10.1. The molecule has 0 saturated carbocycles. The van der Waals surface area contributed by atoms with Gasteiger partial charge in [-0.1, -0.05) is 6.07 Å². The average Bonchev–Trinajstić information content (AvgIpc) is 2.60. The van der Waals surface area contributed by atoms with Gasteiger partial charge in [0.15, 0.2) is 5.58 Å². The van der Waals surface area contributed by atoms with Gasteiger partial charge in [-0.2, -0.15) is 14.0 Å². The average molecular weight is 194 g/mol. The van der Waals surface area contributed by atoms with Crippen molar-refractivity contribution in [3.8, 4) is 6.07 Å². The Bertz CT molecular complexity index is 513. The molecule has 70 valence electrons. The third kappa shape index (κ3) is 1.21. The van der Waals surface area contributed by atoms with Crippen LogP contribution in [0.4, 0.5) is 8.78 Å². The summed E-state index contributed by atoms with van der Waals surface area (Å²) in [5.41, 5.74) is 0.603. The topological polar surface area (TPSA) is 49.8 Å². The lowest BCUT2D eigenvalue weighted by Gasteiger charge is -1.88. The van der Waals surface area contributed by atoms with Crippen LogP contribution in [0.2, 0.25) is 0 Å². The summed E-state index contributed by atoms with van der Waals surface area (Å²) in [6.07, 6.45) is -2.76. The predicted molar refractivity (Wildman–Crippen MR) is 43.7 cm³/mol. The van der Waals surface area contributed by atoms with Gasteiger partial charge in [0, 0.05) is 0 Å². The summed E-state index contributed by atoms with van der Waals surface area (Å²) in [4.78, 5) is 3.55. The third-order valence-electron chi connectivity index (χ3n) is 1.74. The molecule has 0 unspecified atom stereocenters. The van der Waals surface area contributed by atoms with Gasteiger partial charge in [0.25, 0.3) is 5.89 Å². The number of para-hydroxylation sites is 1. The van der Waals surface area contributed by atoms with E-state index in [9.17, 15) is 8.78 Å². The van der Waals surface area contributed by atoms with Gasteiger partial charge in [-0.15, -0.1) is 0 Å². The van der Waals surface area contributed by atoms with E-state index in [1.807, 2.05) is 6.07 Å². The Labute approximate surface area is 77.6 Å². The molecule has 0 spiro atoms. The second-order valence-corrected chi connectivity index (χ2v) is 2.62. The number of hydrogen-bond acceptors (Lipinski definition) is 3. The van der Waals surface area contributed by atoms with Gasteiger partial charge in [0.05, 0.1) is 5.56 Å². The highest BCUT2D eigenvalue weighted by Crippen LogP contribution is 2.25. The van der Waals surface area contributed by atoms with E-state index in [2.05, 4.69) is 4.98 Å². The van der Waals surface area contributed by atoms with Gasteiger partial charge in [-0.25, -0.2) is 4.98 Å². The number of benzene rings is 1. The number of halogens is 2. The minimum absolute atomic E-state index is 0.116. The number of aromatic nitrogens is 1. The van der Waals surface area contributed by atoms with E-state index in [-0.39, 0.29) is 16.7 Å². The van der Waals surface area contributed by atoms with Crippen molar-refractivity contribution < 1.29 is 13.2 Å². The van der Waals surface area contributed by atoms with E-state index in [1.165, 1.54) is 12.1 Å². The fourth-order valence-electron chi connectivity index (χ4n) is 1.15. The first-order valence-electron chi connectivity index (χ1n) is 3.80. The first kappa shape index (κ1) is 8.63. The highest BCUT2D eigenvalue weighted by molar-refractivity contribution is 5.78. The van der Waals surface area contributed by atoms with Crippen molar-refractivity contribution in [2.24, 2.45) is 0 Å². The van der Waals surface area contributed by atoms with Gasteiger partial charge in [0.2, 0.25) is 0 Å². The molecule has 2 rings (SSSR count). The number of nitrogens with zero attached hydrogens (tertiary/aromatic N) is 2. The Morgan fingerprint density at radius 2 is 2.21 bits per heavy atom. The van der Waals surface area contributed by atoms with Crippen molar-refractivity contribution in [1.82, 2.24) is 4.98 Å². The van der Waals surface area contributed by atoms with Crippen LogP contribution in [0.3, 0.4) is 0 Å². The Hall–Kier alpha value is -1.96. The van der Waals surface area contributed by atoms with Crippen molar-refractivity contribution in [1.29, 1.82) is 5.26 Å². The highest BCUT2D eigenvalue weighted by Gasteiger charge is 2.16. The van der Waals surface area contributed by atoms with Gasteiger partial charge >= 0.3 is 6.43 Å². The number of rotatable bonds is 1. The van der Waals surface area contributed by atoms with Crippen LogP contribution in [0.5, 0.6) is 0 Å². The van der Waals surface area contributed by atoms with Crippen LogP contribution in [-0.2, 0) is 0 Å². The molecular formula is C9H4F2N2O. The molecule has 1 aromatic heterocycles. The van der Waals surface area contributed by atoms with Crippen molar-refractivity contribution in [2.75, 3.05) is 0 Å². The van der Waals surface area contributed by atoms with E-state index in [4.69, 9.17) is 9.68 Å². The molecule has 0 atom stereocenters. The Balaban J connectivity index is 2.72. The second-order valence-electron chi connectivity index (χ2n) is 2.62. The Morgan fingerprint density at radius 1 is 1.43 bits per heavy atom. The molecule has 0 fully saturated rings. The normalized spacial score (nSPS) is 10.7. The second kappa shape index (κ2) is 3.07. The van der Waals surface area contributed by atoms with E-state index in [0.29, 0.717) is 0 Å². The largest absolute Gasteiger partial charge is 0.434 e. The molecular weight excluding hydrogens is 190 g/mol. The fraction of sp³-hybridized carbons (Fsp3) is 0.111. The van der Waals surface area contributed by atoms with Gasteiger partial charge in [0.1, 0.15) is 11.6 Å². The Kier molecular flexibility index (Phi) is 1.89. The molecule has 1 heterocycles. The molecule has 0 saturated heterocycles. The molecule has 3 nitrogen and oxygen atoms in total. The van der Waals surface area contributed by atoms with Crippen LogP contribution >= 0.6 is 0 Å². The molecule has 0 aliphatic heterocycles. The predicted octanol–water partition coefficient (Wildman–Crippen LogP) is 2.64. The maximum Gasteiger partial charge on any atom is 0.313 e. The molecule has 2 aromatic rings. The first-order chi connectivity index (χ1) is 6.72. The molecule has 0 bridgehead atoms.